The molecule has 0 saturated heterocycles. The topological polar surface area (TPSA) is 137 Å². The third-order valence-corrected chi connectivity index (χ3v) is 7.61. The fraction of sp³-hybridized carbons (Fsp3) is 0.0769. The summed E-state index contributed by atoms with van der Waals surface area (Å²) in [5, 5.41) is 18.4. The Morgan fingerprint density at radius 2 is 1.84 bits per heavy atom. The minimum absolute atomic E-state index is 0.0233. The molecule has 0 fully saturated rings. The van der Waals surface area contributed by atoms with Crippen LogP contribution >= 0.6 is 0 Å². The lowest BCUT2D eigenvalue weighted by molar-refractivity contribution is -0.385. The number of hydrogen-bond donors (Lipinski definition) is 1. The van der Waals surface area contributed by atoms with Gasteiger partial charge in [-0.05, 0) is 48.9 Å². The number of aromatic nitrogens is 3. The second-order valence-corrected chi connectivity index (χ2v) is 10.2. The van der Waals surface area contributed by atoms with Crippen molar-refractivity contribution in [2.45, 2.75) is 18.2 Å². The summed E-state index contributed by atoms with van der Waals surface area (Å²) in [6.07, 6.45) is 1.26. The quantitative estimate of drug-likeness (QED) is 0.236. The minimum atomic E-state index is -4.06. The van der Waals surface area contributed by atoms with Crippen molar-refractivity contribution >= 4 is 26.6 Å². The molecule has 0 amide bonds. The molecule has 0 aliphatic heterocycles. The molecule has 0 spiro atoms. The zero-order valence-electron chi connectivity index (χ0n) is 19.8. The van der Waals surface area contributed by atoms with Crippen LogP contribution in [0.4, 0.5) is 10.1 Å². The van der Waals surface area contributed by atoms with E-state index in [4.69, 9.17) is 4.74 Å². The van der Waals surface area contributed by atoms with E-state index in [1.54, 1.807) is 43.3 Å². The fourth-order valence-electron chi connectivity index (χ4n) is 4.04. The summed E-state index contributed by atoms with van der Waals surface area (Å²) >= 11 is 0. The number of benzene rings is 3. The maximum atomic E-state index is 15.7. The largest absolute Gasteiger partial charge is 0.445 e. The molecule has 12 heteroatoms. The van der Waals surface area contributed by atoms with E-state index in [0.29, 0.717) is 16.6 Å². The summed E-state index contributed by atoms with van der Waals surface area (Å²) in [4.78, 5) is 22.6. The van der Waals surface area contributed by atoms with E-state index in [0.717, 1.165) is 10.0 Å². The standard InChI is InChI=1S/C26H19FN4O6S/c1-16-14-19(28-29-26(16)32)15-18-10-11-21(31(33)34)25(23(18)27)37-22-9-5-6-17-12-13-30(24(17)22)38(35,36)20-7-3-2-4-8-20/h2-14H,15H2,1H3,(H,29,32). The summed E-state index contributed by atoms with van der Waals surface area (Å²) in [7, 11) is -4.06. The van der Waals surface area contributed by atoms with E-state index in [2.05, 4.69) is 10.2 Å². The zero-order valence-corrected chi connectivity index (χ0v) is 20.6. The molecule has 0 aliphatic rings. The Morgan fingerprint density at radius 1 is 1.08 bits per heavy atom. The fourth-order valence-corrected chi connectivity index (χ4v) is 5.42. The van der Waals surface area contributed by atoms with E-state index >= 15 is 4.39 Å². The zero-order chi connectivity index (χ0) is 27.0. The number of ether oxygens (including phenoxy) is 1. The van der Waals surface area contributed by atoms with Crippen molar-refractivity contribution in [3.05, 3.63) is 122 Å². The van der Waals surface area contributed by atoms with Crippen molar-refractivity contribution < 1.29 is 22.5 Å². The number of rotatable bonds is 7. The molecule has 5 aromatic rings. The third-order valence-electron chi connectivity index (χ3n) is 5.92. The van der Waals surface area contributed by atoms with Crippen LogP contribution in [0.2, 0.25) is 0 Å². The maximum Gasteiger partial charge on any atom is 0.314 e. The Kier molecular flexibility index (Phi) is 6.25. The summed E-state index contributed by atoms with van der Waals surface area (Å²) in [6, 6.07) is 17.7. The third kappa shape index (κ3) is 4.41. The summed E-state index contributed by atoms with van der Waals surface area (Å²) < 4.78 is 49.2. The lowest BCUT2D eigenvalue weighted by Crippen LogP contribution is -2.13. The van der Waals surface area contributed by atoms with Crippen molar-refractivity contribution in [1.29, 1.82) is 0 Å². The van der Waals surface area contributed by atoms with Gasteiger partial charge in [0.1, 0.15) is 5.52 Å². The van der Waals surface area contributed by atoms with Gasteiger partial charge in [0.2, 0.25) is 5.75 Å². The molecule has 10 nitrogen and oxygen atoms in total. The molecule has 0 aliphatic carbocycles. The predicted octanol–water partition coefficient (Wildman–Crippen LogP) is 4.70. The van der Waals surface area contributed by atoms with Gasteiger partial charge in [-0.1, -0.05) is 30.3 Å². The van der Waals surface area contributed by atoms with Gasteiger partial charge in [-0.25, -0.2) is 21.9 Å². The highest BCUT2D eigenvalue weighted by Crippen LogP contribution is 2.39. The number of halogens is 1. The van der Waals surface area contributed by atoms with Gasteiger partial charge >= 0.3 is 5.69 Å². The van der Waals surface area contributed by atoms with Gasteiger partial charge in [-0.3, -0.25) is 14.9 Å². The van der Waals surface area contributed by atoms with Crippen LogP contribution in [0, 0.1) is 22.9 Å². The number of nitro groups is 1. The van der Waals surface area contributed by atoms with Crippen molar-refractivity contribution in [2.24, 2.45) is 0 Å². The molecule has 5 rings (SSSR count). The molecule has 0 unspecified atom stereocenters. The number of hydrogen-bond acceptors (Lipinski definition) is 7. The van der Waals surface area contributed by atoms with Crippen LogP contribution in [-0.4, -0.2) is 27.5 Å². The van der Waals surface area contributed by atoms with E-state index in [1.807, 2.05) is 0 Å². The first-order valence-electron chi connectivity index (χ1n) is 11.3. The molecule has 38 heavy (non-hydrogen) atoms. The van der Waals surface area contributed by atoms with E-state index in [1.165, 1.54) is 36.5 Å². The smallest absolute Gasteiger partial charge is 0.314 e. The van der Waals surface area contributed by atoms with E-state index in [-0.39, 0.29) is 33.7 Å². The Hall–Kier alpha value is -4.84. The first kappa shape index (κ1) is 24.8. The lowest BCUT2D eigenvalue weighted by Gasteiger charge is -2.14. The first-order chi connectivity index (χ1) is 18.2. The Labute approximate surface area is 215 Å². The molecule has 192 valence electrons. The Balaban J connectivity index is 1.63. The van der Waals surface area contributed by atoms with Crippen LogP contribution in [0.3, 0.4) is 0 Å². The number of aromatic amines is 1. The van der Waals surface area contributed by atoms with Crippen molar-refractivity contribution in [3.8, 4) is 11.5 Å². The predicted molar refractivity (Wildman–Crippen MR) is 136 cm³/mol. The van der Waals surface area contributed by atoms with Gasteiger partial charge in [0.25, 0.3) is 15.6 Å². The maximum absolute atomic E-state index is 15.7. The molecule has 0 atom stereocenters. The Morgan fingerprint density at radius 3 is 2.55 bits per heavy atom. The highest BCUT2D eigenvalue weighted by atomic mass is 32.2. The van der Waals surface area contributed by atoms with Crippen LogP contribution in [-0.2, 0) is 16.4 Å². The second-order valence-electron chi connectivity index (χ2n) is 8.42. The molecule has 1 N–H and O–H groups in total. The van der Waals surface area contributed by atoms with Gasteiger partial charge in [0, 0.05) is 29.6 Å². The minimum Gasteiger partial charge on any atom is -0.445 e. The van der Waals surface area contributed by atoms with Crippen molar-refractivity contribution in [2.75, 3.05) is 0 Å². The van der Waals surface area contributed by atoms with Gasteiger partial charge in [-0.15, -0.1) is 0 Å². The number of fused-ring (bicyclic) bond motifs is 1. The van der Waals surface area contributed by atoms with Crippen molar-refractivity contribution in [1.82, 2.24) is 14.2 Å². The van der Waals surface area contributed by atoms with E-state index < -0.39 is 32.2 Å². The highest BCUT2D eigenvalue weighted by Gasteiger charge is 2.27. The average molecular weight is 535 g/mol. The number of nitro benzene ring substituents is 1. The average Bonchev–Trinajstić information content (AvgIpc) is 3.35. The van der Waals surface area contributed by atoms with Gasteiger partial charge in [0.15, 0.2) is 11.6 Å². The summed E-state index contributed by atoms with van der Waals surface area (Å²) in [5.74, 6) is -1.78. The number of H-pyrrole nitrogens is 1. The molecule has 2 heterocycles. The molecular formula is C26H19FN4O6S. The molecule has 3 aromatic carbocycles. The SMILES string of the molecule is Cc1cc(Cc2ccc([N+](=O)[O-])c(Oc3cccc4ccn(S(=O)(=O)c5ccccc5)c34)c2F)n[nH]c1=O. The van der Waals surface area contributed by atoms with E-state index in [9.17, 15) is 23.3 Å². The second kappa shape index (κ2) is 9.56. The van der Waals surface area contributed by atoms with Gasteiger partial charge in [-0.2, -0.15) is 5.10 Å². The molecular weight excluding hydrogens is 515 g/mol. The number of para-hydroxylation sites is 1. The monoisotopic (exact) mass is 534 g/mol. The summed E-state index contributed by atoms with van der Waals surface area (Å²) in [5.41, 5.74) is -0.189. The molecule has 0 bridgehead atoms. The molecule has 0 radical (unpaired) electrons. The number of aryl methyl sites for hydroxylation is 1. The summed E-state index contributed by atoms with van der Waals surface area (Å²) in [6.45, 7) is 1.57. The highest BCUT2D eigenvalue weighted by molar-refractivity contribution is 7.90. The van der Waals surface area contributed by atoms with Crippen LogP contribution < -0.4 is 10.3 Å². The van der Waals surface area contributed by atoms with Crippen LogP contribution in [0.25, 0.3) is 10.9 Å². The van der Waals surface area contributed by atoms with Crippen LogP contribution in [0.5, 0.6) is 11.5 Å². The molecule has 2 aromatic heterocycles. The number of nitrogens with one attached hydrogen (secondary N) is 1. The van der Waals surface area contributed by atoms with Crippen LogP contribution in [0.1, 0.15) is 16.8 Å². The number of nitrogens with zero attached hydrogens (tertiary/aromatic N) is 3. The molecule has 0 saturated carbocycles. The Bertz CT molecular complexity index is 1870. The van der Waals surface area contributed by atoms with Crippen LogP contribution in [0.15, 0.2) is 88.7 Å². The normalized spacial score (nSPS) is 11.5. The first-order valence-corrected chi connectivity index (χ1v) is 12.7. The van der Waals surface area contributed by atoms with Crippen molar-refractivity contribution in [3.63, 3.8) is 0 Å². The van der Waals surface area contributed by atoms with Gasteiger partial charge in [0.05, 0.1) is 15.5 Å². The van der Waals surface area contributed by atoms with Gasteiger partial charge < -0.3 is 4.74 Å². The lowest BCUT2D eigenvalue weighted by atomic mass is 10.1.